The maximum absolute atomic E-state index is 13.9. The van der Waals surface area contributed by atoms with Crippen molar-refractivity contribution in [2.45, 2.75) is 24.9 Å². The van der Waals surface area contributed by atoms with Crippen LogP contribution in [-0.2, 0) is 19.1 Å². The summed E-state index contributed by atoms with van der Waals surface area (Å²) in [5, 5.41) is 15.7. The molecular weight excluding hydrogens is 510 g/mol. The molecule has 1 aromatic carbocycles. The molecule has 35 heavy (non-hydrogen) atoms. The fraction of sp³-hybridized carbons (Fsp3) is 0.278. The molecule has 17 heteroatoms. The Morgan fingerprint density at radius 3 is 2.20 bits per heavy atom. The van der Waals surface area contributed by atoms with Crippen LogP contribution in [0.3, 0.4) is 0 Å². The molecule has 0 aliphatic heterocycles. The number of aromatic nitrogens is 4. The molecule has 3 rings (SSSR count). The van der Waals surface area contributed by atoms with Crippen molar-refractivity contribution < 1.29 is 58.5 Å². The average Bonchev–Trinajstić information content (AvgIpc) is 3.30. The van der Waals surface area contributed by atoms with Crippen LogP contribution in [0.2, 0.25) is 0 Å². The Kier molecular flexibility index (Phi) is 6.24. The molecule has 7 nitrogen and oxygen atoms in total. The first kappa shape index (κ1) is 25.8. The van der Waals surface area contributed by atoms with Crippen LogP contribution < -0.4 is 4.74 Å². The van der Waals surface area contributed by atoms with E-state index in [-0.39, 0.29) is 11.1 Å². The number of carboxylic acid groups (broad SMARTS) is 1. The summed E-state index contributed by atoms with van der Waals surface area (Å²) in [6.07, 6.45) is -9.51. The number of alkyl halides is 10. The number of halogens is 10. The molecule has 0 fully saturated rings. The smallest absolute Gasteiger partial charge is 0.459 e. The second-order valence-corrected chi connectivity index (χ2v) is 6.81. The molecule has 2 heterocycles. The van der Waals surface area contributed by atoms with Crippen molar-refractivity contribution in [3.8, 4) is 22.7 Å². The molecule has 190 valence electrons. The quantitative estimate of drug-likeness (QED) is 0.450. The van der Waals surface area contributed by atoms with Gasteiger partial charge >= 0.3 is 30.9 Å². The summed E-state index contributed by atoms with van der Waals surface area (Å²) in [6, 6.07) is 1.92. The van der Waals surface area contributed by atoms with Crippen molar-refractivity contribution in [2.75, 3.05) is 0 Å². The standard InChI is InChI=1S/C18H10F10N4O3/c1-31-13(11(35-15(19)20)12(30-31)16(21,22)18(26,27)28)32-6-8(5-29-32)7-2-3-10(17(23,24)25)9(4-7)14(33)34/h2-6,15H,1H3,(H,33,34). The lowest BCUT2D eigenvalue weighted by Gasteiger charge is -2.18. The van der Waals surface area contributed by atoms with E-state index in [9.17, 15) is 48.7 Å². The van der Waals surface area contributed by atoms with Crippen molar-refractivity contribution in [3.63, 3.8) is 0 Å². The van der Waals surface area contributed by atoms with E-state index in [4.69, 9.17) is 5.11 Å². The third kappa shape index (κ3) is 4.74. The van der Waals surface area contributed by atoms with Crippen molar-refractivity contribution in [3.05, 3.63) is 47.4 Å². The zero-order valence-electron chi connectivity index (χ0n) is 16.8. The number of hydrogen-bond acceptors (Lipinski definition) is 4. The molecule has 0 radical (unpaired) electrons. The lowest BCUT2D eigenvalue weighted by Crippen LogP contribution is -2.34. The molecule has 0 atom stereocenters. The highest BCUT2D eigenvalue weighted by Gasteiger charge is 2.62. The first-order valence-electron chi connectivity index (χ1n) is 8.92. The number of carboxylic acids is 1. The van der Waals surface area contributed by atoms with Crippen molar-refractivity contribution in [1.29, 1.82) is 0 Å². The minimum absolute atomic E-state index is 0.144. The number of carbonyl (C=O) groups is 1. The van der Waals surface area contributed by atoms with Crippen LogP contribution in [0.1, 0.15) is 21.6 Å². The molecule has 0 saturated heterocycles. The maximum Gasteiger partial charge on any atom is 0.459 e. The van der Waals surface area contributed by atoms with E-state index in [0.717, 1.165) is 25.5 Å². The first-order chi connectivity index (χ1) is 15.9. The van der Waals surface area contributed by atoms with Gasteiger partial charge in [-0.25, -0.2) is 14.2 Å². The van der Waals surface area contributed by atoms with Crippen LogP contribution in [-0.4, -0.2) is 43.4 Å². The van der Waals surface area contributed by atoms with E-state index >= 15 is 0 Å². The Bertz CT molecular complexity index is 1260. The summed E-state index contributed by atoms with van der Waals surface area (Å²) in [5.74, 6) is -10.2. The number of aryl methyl sites for hydroxylation is 1. The minimum atomic E-state index is -6.22. The van der Waals surface area contributed by atoms with Gasteiger partial charge in [-0.3, -0.25) is 0 Å². The van der Waals surface area contributed by atoms with Crippen LogP contribution in [0.15, 0.2) is 30.6 Å². The van der Waals surface area contributed by atoms with Crippen molar-refractivity contribution in [2.24, 2.45) is 7.05 Å². The van der Waals surface area contributed by atoms with Gasteiger partial charge in [0.1, 0.15) is 0 Å². The van der Waals surface area contributed by atoms with Crippen molar-refractivity contribution in [1.82, 2.24) is 19.6 Å². The lowest BCUT2D eigenvalue weighted by atomic mass is 10.0. The first-order valence-corrected chi connectivity index (χ1v) is 8.92. The van der Waals surface area contributed by atoms with E-state index in [2.05, 4.69) is 14.9 Å². The van der Waals surface area contributed by atoms with Crippen LogP contribution in [0.4, 0.5) is 43.9 Å². The van der Waals surface area contributed by atoms with Crippen LogP contribution >= 0.6 is 0 Å². The summed E-state index contributed by atoms with van der Waals surface area (Å²) in [7, 11) is 0.825. The Hall–Kier alpha value is -3.79. The zero-order valence-corrected chi connectivity index (χ0v) is 16.8. The summed E-state index contributed by atoms with van der Waals surface area (Å²) in [6.45, 7) is -3.84. The molecule has 1 N–H and O–H groups in total. The van der Waals surface area contributed by atoms with Gasteiger partial charge in [0.05, 0.1) is 17.3 Å². The topological polar surface area (TPSA) is 82.2 Å². The molecule has 0 bridgehead atoms. The average molecular weight is 520 g/mol. The second-order valence-electron chi connectivity index (χ2n) is 6.81. The van der Waals surface area contributed by atoms with Gasteiger partial charge < -0.3 is 9.84 Å². The van der Waals surface area contributed by atoms with Gasteiger partial charge in [-0.1, -0.05) is 6.07 Å². The summed E-state index contributed by atoms with van der Waals surface area (Å²) < 4.78 is 136. The fourth-order valence-electron chi connectivity index (χ4n) is 3.02. The highest BCUT2D eigenvalue weighted by atomic mass is 19.4. The molecule has 0 unspecified atom stereocenters. The maximum atomic E-state index is 13.9. The van der Waals surface area contributed by atoms with Gasteiger partial charge in [-0.2, -0.15) is 54.1 Å². The summed E-state index contributed by atoms with van der Waals surface area (Å²) in [5.41, 5.74) is -5.12. The monoisotopic (exact) mass is 520 g/mol. The van der Waals surface area contributed by atoms with Gasteiger partial charge in [-0.15, -0.1) is 0 Å². The van der Waals surface area contributed by atoms with Crippen molar-refractivity contribution >= 4 is 5.97 Å². The van der Waals surface area contributed by atoms with Gasteiger partial charge in [-0.05, 0) is 17.7 Å². The minimum Gasteiger partial charge on any atom is -0.478 e. The predicted octanol–water partition coefficient (Wildman–Crippen LogP) is 5.25. The molecule has 0 saturated carbocycles. The third-order valence-corrected chi connectivity index (χ3v) is 4.52. The van der Waals surface area contributed by atoms with E-state index in [1.807, 2.05) is 0 Å². The number of ether oxygens (including phenoxy) is 1. The zero-order chi connectivity index (χ0) is 26.5. The van der Waals surface area contributed by atoms with Crippen LogP contribution in [0.25, 0.3) is 16.9 Å². The third-order valence-electron chi connectivity index (χ3n) is 4.52. The molecule has 0 aliphatic rings. The molecule has 3 aromatic rings. The van der Waals surface area contributed by atoms with Crippen LogP contribution in [0, 0.1) is 0 Å². The molecule has 0 amide bonds. The Morgan fingerprint density at radius 1 is 1.06 bits per heavy atom. The molecule has 0 aliphatic carbocycles. The van der Waals surface area contributed by atoms with Gasteiger partial charge in [0.25, 0.3) is 0 Å². The number of nitrogens with zero attached hydrogens (tertiary/aromatic N) is 4. The molecular formula is C18H10F10N4O3. The van der Waals surface area contributed by atoms with Gasteiger partial charge in [0.15, 0.2) is 17.3 Å². The second kappa shape index (κ2) is 8.46. The van der Waals surface area contributed by atoms with E-state index < -0.39 is 59.2 Å². The fourth-order valence-corrected chi connectivity index (χ4v) is 3.02. The molecule has 0 spiro atoms. The highest BCUT2D eigenvalue weighted by Crippen LogP contribution is 2.48. The van der Waals surface area contributed by atoms with E-state index in [0.29, 0.717) is 21.5 Å². The Labute approximate surface area is 187 Å². The number of hydrogen-bond donors (Lipinski definition) is 1. The summed E-state index contributed by atoms with van der Waals surface area (Å²) >= 11 is 0. The Balaban J connectivity index is 2.15. The predicted molar refractivity (Wildman–Crippen MR) is 94.3 cm³/mol. The normalized spacial score (nSPS) is 12.9. The SMILES string of the molecule is Cn1nc(C(F)(F)C(F)(F)F)c(OC(F)F)c1-n1cc(-c2ccc(C(F)(F)F)c(C(=O)O)c2)cn1. The van der Waals surface area contributed by atoms with E-state index in [1.165, 1.54) is 0 Å². The van der Waals surface area contributed by atoms with Gasteiger partial charge in [0, 0.05) is 18.8 Å². The van der Waals surface area contributed by atoms with Gasteiger partial charge in [0.2, 0.25) is 0 Å². The van der Waals surface area contributed by atoms with Crippen LogP contribution in [0.5, 0.6) is 5.75 Å². The summed E-state index contributed by atoms with van der Waals surface area (Å²) in [4.78, 5) is 11.3. The largest absolute Gasteiger partial charge is 0.478 e. The lowest BCUT2D eigenvalue weighted by molar-refractivity contribution is -0.291. The number of rotatable bonds is 6. The van der Waals surface area contributed by atoms with E-state index in [1.54, 1.807) is 0 Å². The Morgan fingerprint density at radius 2 is 1.69 bits per heavy atom. The number of aromatic carboxylic acids is 1. The number of benzene rings is 1. The molecule has 2 aromatic heterocycles. The highest BCUT2D eigenvalue weighted by molar-refractivity contribution is 5.91.